The molecule has 2 heterocycles. The maximum atomic E-state index is 13.7. The number of benzene rings is 1. The van der Waals surface area contributed by atoms with E-state index in [1.54, 1.807) is 13.0 Å². The highest BCUT2D eigenvalue weighted by molar-refractivity contribution is 7.92. The van der Waals surface area contributed by atoms with Gasteiger partial charge in [0.2, 0.25) is 0 Å². The van der Waals surface area contributed by atoms with Gasteiger partial charge in [0.15, 0.2) is 0 Å². The Hall–Kier alpha value is -2.26. The zero-order chi connectivity index (χ0) is 15.9. The fourth-order valence-electron chi connectivity index (χ4n) is 1.73. The SMILES string of the molecule is Cc1ccn2nc(S(=O)(=O)Nc3c(F)cccc3Cl)nc2n1. The van der Waals surface area contributed by atoms with Gasteiger partial charge in [-0.25, -0.2) is 13.9 Å². The standard InChI is InChI=1S/C12H9ClFN5O2S/c1-7-5-6-19-11(15-7)16-12(17-19)22(20,21)18-10-8(13)3-2-4-9(10)14/h2-6,18H,1H3. The number of aromatic nitrogens is 4. The summed E-state index contributed by atoms with van der Waals surface area (Å²) >= 11 is 5.80. The Kier molecular flexibility index (Phi) is 3.45. The lowest BCUT2D eigenvalue weighted by atomic mass is 10.3. The van der Waals surface area contributed by atoms with Crippen LogP contribution in [0.15, 0.2) is 35.6 Å². The predicted octanol–water partition coefficient (Wildman–Crippen LogP) is 2.03. The van der Waals surface area contributed by atoms with Crippen LogP contribution < -0.4 is 4.72 Å². The van der Waals surface area contributed by atoms with E-state index in [0.29, 0.717) is 5.69 Å². The minimum atomic E-state index is -4.19. The second kappa shape index (κ2) is 5.18. The molecule has 0 saturated carbocycles. The van der Waals surface area contributed by atoms with Crippen molar-refractivity contribution in [2.45, 2.75) is 12.1 Å². The molecule has 0 amide bonds. The van der Waals surface area contributed by atoms with Gasteiger partial charge in [-0.05, 0) is 25.1 Å². The summed E-state index contributed by atoms with van der Waals surface area (Å²) in [6.07, 6.45) is 1.53. The largest absolute Gasteiger partial charge is 0.299 e. The molecule has 3 aromatic rings. The molecular weight excluding hydrogens is 333 g/mol. The lowest BCUT2D eigenvalue weighted by molar-refractivity contribution is 0.590. The van der Waals surface area contributed by atoms with Gasteiger partial charge in [-0.2, -0.15) is 13.4 Å². The highest BCUT2D eigenvalue weighted by atomic mass is 35.5. The van der Waals surface area contributed by atoms with Crippen LogP contribution in [-0.2, 0) is 10.0 Å². The quantitative estimate of drug-likeness (QED) is 0.787. The third-order valence-corrected chi connectivity index (χ3v) is 4.21. The van der Waals surface area contributed by atoms with Crippen molar-refractivity contribution >= 4 is 33.1 Å². The van der Waals surface area contributed by atoms with Gasteiger partial charge < -0.3 is 0 Å². The normalized spacial score (nSPS) is 11.8. The van der Waals surface area contributed by atoms with Crippen LogP contribution >= 0.6 is 11.6 Å². The Morgan fingerprint density at radius 2 is 2.05 bits per heavy atom. The molecule has 0 spiro atoms. The molecule has 0 fully saturated rings. The minimum absolute atomic E-state index is 0.0682. The molecule has 22 heavy (non-hydrogen) atoms. The highest BCUT2D eigenvalue weighted by Gasteiger charge is 2.23. The molecule has 0 bridgehead atoms. The predicted molar refractivity (Wildman–Crippen MR) is 77.7 cm³/mol. The van der Waals surface area contributed by atoms with Gasteiger partial charge in [-0.15, -0.1) is 5.10 Å². The van der Waals surface area contributed by atoms with E-state index < -0.39 is 21.0 Å². The van der Waals surface area contributed by atoms with Gasteiger partial charge in [0.25, 0.3) is 21.0 Å². The number of halogens is 2. The van der Waals surface area contributed by atoms with Crippen molar-refractivity contribution in [2.24, 2.45) is 0 Å². The number of hydrogen-bond donors (Lipinski definition) is 1. The maximum Gasteiger partial charge on any atom is 0.299 e. The van der Waals surface area contributed by atoms with Gasteiger partial charge in [0.1, 0.15) is 11.5 Å². The molecule has 0 radical (unpaired) electrons. The molecular formula is C12H9ClFN5O2S. The van der Waals surface area contributed by atoms with Crippen molar-refractivity contribution in [3.63, 3.8) is 0 Å². The van der Waals surface area contributed by atoms with Crippen LogP contribution in [0.1, 0.15) is 5.69 Å². The van der Waals surface area contributed by atoms with E-state index in [1.165, 1.54) is 22.8 Å². The molecule has 114 valence electrons. The van der Waals surface area contributed by atoms with Gasteiger partial charge in [0.05, 0.1) is 5.02 Å². The van der Waals surface area contributed by atoms with Crippen molar-refractivity contribution in [1.29, 1.82) is 0 Å². The van der Waals surface area contributed by atoms with Crippen LogP contribution in [0.3, 0.4) is 0 Å². The average molecular weight is 342 g/mol. The number of sulfonamides is 1. The number of para-hydroxylation sites is 1. The first-order valence-corrected chi connectivity index (χ1v) is 7.90. The third kappa shape index (κ3) is 2.60. The zero-order valence-corrected chi connectivity index (χ0v) is 12.7. The number of rotatable bonds is 3. The van der Waals surface area contributed by atoms with Crippen LogP contribution in [0.25, 0.3) is 5.78 Å². The van der Waals surface area contributed by atoms with Gasteiger partial charge >= 0.3 is 0 Å². The Morgan fingerprint density at radius 1 is 1.27 bits per heavy atom. The van der Waals surface area contributed by atoms with Crippen molar-refractivity contribution in [3.8, 4) is 0 Å². The van der Waals surface area contributed by atoms with E-state index >= 15 is 0 Å². The number of aryl methyl sites for hydroxylation is 1. The molecule has 0 saturated heterocycles. The minimum Gasteiger partial charge on any atom is -0.272 e. The summed E-state index contributed by atoms with van der Waals surface area (Å²) in [5, 5.41) is 3.22. The van der Waals surface area contributed by atoms with Crippen LogP contribution in [0.2, 0.25) is 5.02 Å². The van der Waals surface area contributed by atoms with E-state index in [1.807, 2.05) is 4.72 Å². The summed E-state index contributed by atoms with van der Waals surface area (Å²) in [5.41, 5.74) is 0.307. The first-order valence-electron chi connectivity index (χ1n) is 6.04. The first-order chi connectivity index (χ1) is 10.4. The van der Waals surface area contributed by atoms with Gasteiger partial charge in [-0.1, -0.05) is 17.7 Å². The molecule has 0 aliphatic heterocycles. The summed E-state index contributed by atoms with van der Waals surface area (Å²) < 4.78 is 41.5. The van der Waals surface area contributed by atoms with Crippen LogP contribution in [0, 0.1) is 12.7 Å². The number of fused-ring (bicyclic) bond motifs is 1. The first kappa shape index (κ1) is 14.7. The molecule has 0 aliphatic rings. The summed E-state index contributed by atoms with van der Waals surface area (Å²) in [6.45, 7) is 1.74. The molecule has 0 unspecified atom stereocenters. The van der Waals surface area contributed by atoms with Crippen molar-refractivity contribution < 1.29 is 12.8 Å². The topological polar surface area (TPSA) is 89.3 Å². The second-order valence-electron chi connectivity index (χ2n) is 4.41. The van der Waals surface area contributed by atoms with E-state index in [-0.39, 0.29) is 16.5 Å². The molecule has 7 nitrogen and oxygen atoms in total. The second-order valence-corrected chi connectivity index (χ2v) is 6.39. The highest BCUT2D eigenvalue weighted by Crippen LogP contribution is 2.26. The molecule has 1 aromatic carbocycles. The molecule has 2 aromatic heterocycles. The van der Waals surface area contributed by atoms with E-state index in [4.69, 9.17) is 11.6 Å². The Labute approximate surface area is 129 Å². The number of nitrogens with one attached hydrogen (secondary N) is 1. The summed E-state index contributed by atoms with van der Waals surface area (Å²) in [5.74, 6) is -0.672. The molecule has 0 aliphatic carbocycles. The van der Waals surface area contributed by atoms with E-state index in [2.05, 4.69) is 15.1 Å². The average Bonchev–Trinajstić information content (AvgIpc) is 2.87. The molecule has 3 rings (SSSR count). The molecule has 10 heteroatoms. The number of hydrogen-bond acceptors (Lipinski definition) is 5. The lowest BCUT2D eigenvalue weighted by Gasteiger charge is -2.07. The monoisotopic (exact) mass is 341 g/mol. The zero-order valence-electron chi connectivity index (χ0n) is 11.2. The summed E-state index contributed by atoms with van der Waals surface area (Å²) in [4.78, 5) is 7.87. The number of nitrogens with zero attached hydrogens (tertiary/aromatic N) is 4. The smallest absolute Gasteiger partial charge is 0.272 e. The fourth-order valence-corrected chi connectivity index (χ4v) is 2.97. The fraction of sp³-hybridized carbons (Fsp3) is 0.0833. The third-order valence-electron chi connectivity index (χ3n) is 2.77. The molecule has 1 N–H and O–H groups in total. The van der Waals surface area contributed by atoms with Crippen LogP contribution in [0.4, 0.5) is 10.1 Å². The van der Waals surface area contributed by atoms with Crippen molar-refractivity contribution in [3.05, 3.63) is 47.0 Å². The lowest BCUT2D eigenvalue weighted by Crippen LogP contribution is -2.16. The molecule has 0 atom stereocenters. The van der Waals surface area contributed by atoms with E-state index in [9.17, 15) is 12.8 Å². The Morgan fingerprint density at radius 3 is 2.77 bits per heavy atom. The van der Waals surface area contributed by atoms with Crippen molar-refractivity contribution in [2.75, 3.05) is 4.72 Å². The van der Waals surface area contributed by atoms with Crippen LogP contribution in [-0.4, -0.2) is 28.0 Å². The Balaban J connectivity index is 2.05. The van der Waals surface area contributed by atoms with Crippen molar-refractivity contribution in [1.82, 2.24) is 19.6 Å². The summed E-state index contributed by atoms with van der Waals surface area (Å²) in [6, 6.07) is 5.47. The van der Waals surface area contributed by atoms with Crippen LogP contribution in [0.5, 0.6) is 0 Å². The Bertz CT molecular complexity index is 953. The maximum absolute atomic E-state index is 13.7. The van der Waals surface area contributed by atoms with Gasteiger partial charge in [0, 0.05) is 11.9 Å². The van der Waals surface area contributed by atoms with Gasteiger partial charge in [-0.3, -0.25) is 4.72 Å². The number of anilines is 1. The van der Waals surface area contributed by atoms with E-state index in [0.717, 1.165) is 6.07 Å². The summed E-state index contributed by atoms with van der Waals surface area (Å²) in [7, 11) is -4.19.